The van der Waals surface area contributed by atoms with Gasteiger partial charge in [-0.15, -0.1) is 0 Å². The molecular weight excluding hydrogens is 290 g/mol. The summed E-state index contributed by atoms with van der Waals surface area (Å²) >= 11 is 0. The molecule has 1 heterocycles. The first kappa shape index (κ1) is 14.3. The molecule has 0 radical (unpaired) electrons. The fourth-order valence-corrected chi connectivity index (χ4v) is 2.65. The monoisotopic (exact) mass is 303 g/mol. The van der Waals surface area contributed by atoms with Crippen LogP contribution in [-0.2, 0) is 13.8 Å². The van der Waals surface area contributed by atoms with Crippen LogP contribution in [0.2, 0.25) is 0 Å². The van der Waals surface area contributed by atoms with Gasteiger partial charge in [-0.1, -0.05) is 0 Å². The Morgan fingerprint density at radius 1 is 1.37 bits per heavy atom. The van der Waals surface area contributed by atoms with Crippen LogP contribution in [0.25, 0.3) is 0 Å². The van der Waals surface area contributed by atoms with Crippen molar-refractivity contribution in [2.45, 2.75) is 23.8 Å². The summed E-state index contributed by atoms with van der Waals surface area (Å²) in [6.07, 6.45) is 0.757. The molecule has 5 nitrogen and oxygen atoms in total. The van der Waals surface area contributed by atoms with Gasteiger partial charge in [0.1, 0.15) is 0 Å². The van der Waals surface area contributed by atoms with E-state index in [0.717, 1.165) is 6.42 Å². The Hall–Kier alpha value is -1.11. The van der Waals surface area contributed by atoms with Crippen LogP contribution in [-0.4, -0.2) is 33.1 Å². The first-order valence-electron chi connectivity index (χ1n) is 5.75. The van der Waals surface area contributed by atoms with E-state index in [4.69, 9.17) is 15.4 Å². The lowest BCUT2D eigenvalue weighted by Crippen LogP contribution is -2.46. The van der Waals surface area contributed by atoms with Crippen LogP contribution in [0, 0.1) is 0 Å². The van der Waals surface area contributed by atoms with Gasteiger partial charge in [0.2, 0.25) is 0 Å². The fraction of sp³-hybridized carbons (Fsp3) is 0.417. The Bertz CT molecular complexity index is 576. The van der Waals surface area contributed by atoms with Crippen LogP contribution < -0.4 is 5.32 Å². The highest BCUT2D eigenvalue weighted by Gasteiger charge is 2.31. The number of hydrogen-bond acceptors (Lipinski definition) is 4. The predicted octanol–water partition coefficient (Wildman–Crippen LogP) is 1.52. The summed E-state index contributed by atoms with van der Waals surface area (Å²) in [5.74, 6) is -0.258. The van der Waals surface area contributed by atoms with Gasteiger partial charge in [0.05, 0.1) is 17.0 Å². The molecule has 104 valence electrons. The lowest BCUT2D eigenvalue weighted by Gasteiger charge is -2.23. The summed E-state index contributed by atoms with van der Waals surface area (Å²) in [6, 6.07) is 5.49. The van der Waals surface area contributed by atoms with Gasteiger partial charge in [-0.3, -0.25) is 4.79 Å². The molecule has 0 aromatic heterocycles. The molecule has 19 heavy (non-hydrogen) atoms. The maximum Gasteiger partial charge on any atom is 0.261 e. The van der Waals surface area contributed by atoms with Gasteiger partial charge in [-0.25, -0.2) is 8.42 Å². The van der Waals surface area contributed by atoms with Crippen LogP contribution in [0.15, 0.2) is 29.2 Å². The third-order valence-corrected chi connectivity index (χ3v) is 4.40. The van der Waals surface area contributed by atoms with Crippen molar-refractivity contribution in [3.8, 4) is 0 Å². The van der Waals surface area contributed by atoms with E-state index in [9.17, 15) is 13.2 Å². The second kappa shape index (κ2) is 5.11. The van der Waals surface area contributed by atoms with E-state index < -0.39 is 9.05 Å². The van der Waals surface area contributed by atoms with E-state index in [1.165, 1.54) is 24.3 Å². The summed E-state index contributed by atoms with van der Waals surface area (Å²) in [7, 11) is 1.45. The van der Waals surface area contributed by atoms with Gasteiger partial charge in [-0.05, 0) is 37.6 Å². The van der Waals surface area contributed by atoms with Crippen LogP contribution >= 0.6 is 10.7 Å². The number of hydrogen-bond donors (Lipinski definition) is 1. The van der Waals surface area contributed by atoms with Crippen molar-refractivity contribution in [2.24, 2.45) is 0 Å². The molecule has 2 rings (SSSR count). The lowest BCUT2D eigenvalue weighted by atomic mass is 10.0. The van der Waals surface area contributed by atoms with Gasteiger partial charge in [0.25, 0.3) is 15.0 Å². The Balaban J connectivity index is 2.12. The molecular formula is C12H14ClNO4S. The third-order valence-electron chi connectivity index (χ3n) is 3.03. The Kier molecular flexibility index (Phi) is 3.85. The summed E-state index contributed by atoms with van der Waals surface area (Å²) in [4.78, 5) is 12.0. The molecule has 0 bridgehead atoms. The van der Waals surface area contributed by atoms with E-state index in [1.807, 2.05) is 6.92 Å². The van der Waals surface area contributed by atoms with Gasteiger partial charge >= 0.3 is 0 Å². The predicted molar refractivity (Wildman–Crippen MR) is 70.8 cm³/mol. The minimum Gasteiger partial charge on any atom is -0.379 e. The third kappa shape index (κ3) is 3.46. The van der Waals surface area contributed by atoms with Crippen LogP contribution in [0.3, 0.4) is 0 Å². The SMILES string of the molecule is CC1(NC(=O)c2ccc(S(=O)(=O)Cl)cc2)CCOC1. The normalized spacial score (nSPS) is 23.3. The van der Waals surface area contributed by atoms with Crippen molar-refractivity contribution >= 4 is 25.6 Å². The van der Waals surface area contributed by atoms with Crippen molar-refractivity contribution in [2.75, 3.05) is 13.2 Å². The fourth-order valence-electron chi connectivity index (χ4n) is 1.88. The second-order valence-corrected chi connectivity index (χ2v) is 7.35. The number of ether oxygens (including phenoxy) is 1. The zero-order valence-electron chi connectivity index (χ0n) is 10.3. The zero-order valence-corrected chi connectivity index (χ0v) is 11.9. The smallest absolute Gasteiger partial charge is 0.261 e. The van der Waals surface area contributed by atoms with E-state index in [0.29, 0.717) is 18.8 Å². The van der Waals surface area contributed by atoms with Crippen molar-refractivity contribution in [1.82, 2.24) is 5.32 Å². The molecule has 1 aliphatic rings. The molecule has 0 aliphatic carbocycles. The Morgan fingerprint density at radius 2 is 2.00 bits per heavy atom. The quantitative estimate of drug-likeness (QED) is 0.859. The van der Waals surface area contributed by atoms with Crippen LogP contribution in [0.4, 0.5) is 0 Å². The Morgan fingerprint density at radius 3 is 2.47 bits per heavy atom. The highest BCUT2D eigenvalue weighted by molar-refractivity contribution is 8.13. The average molecular weight is 304 g/mol. The molecule has 0 spiro atoms. The molecule has 1 aromatic rings. The van der Waals surface area contributed by atoms with Gasteiger partial charge < -0.3 is 10.1 Å². The van der Waals surface area contributed by atoms with E-state index >= 15 is 0 Å². The topological polar surface area (TPSA) is 72.5 Å². The van der Waals surface area contributed by atoms with E-state index in [-0.39, 0.29) is 16.3 Å². The molecule has 1 aliphatic heterocycles. The largest absolute Gasteiger partial charge is 0.379 e. The number of rotatable bonds is 3. The van der Waals surface area contributed by atoms with E-state index in [1.54, 1.807) is 0 Å². The van der Waals surface area contributed by atoms with Gasteiger partial charge in [0.15, 0.2) is 0 Å². The lowest BCUT2D eigenvalue weighted by molar-refractivity contribution is 0.0890. The molecule has 1 amide bonds. The number of amides is 1. The van der Waals surface area contributed by atoms with Gasteiger partial charge in [-0.2, -0.15) is 0 Å². The van der Waals surface area contributed by atoms with Gasteiger partial charge in [0, 0.05) is 22.9 Å². The molecule has 1 saturated heterocycles. The van der Waals surface area contributed by atoms with Crippen LogP contribution in [0.1, 0.15) is 23.7 Å². The summed E-state index contributed by atoms with van der Waals surface area (Å²) in [5, 5.41) is 2.88. The first-order valence-corrected chi connectivity index (χ1v) is 8.06. The highest BCUT2D eigenvalue weighted by atomic mass is 35.7. The standard InChI is InChI=1S/C12H14ClNO4S/c1-12(6-7-18-8-12)14-11(15)9-2-4-10(5-3-9)19(13,16)17/h2-5H,6-8H2,1H3,(H,14,15). The maximum atomic E-state index is 12.0. The van der Waals surface area contributed by atoms with Crippen molar-refractivity contribution in [1.29, 1.82) is 0 Å². The summed E-state index contributed by atoms with van der Waals surface area (Å²) in [6.45, 7) is 3.02. The van der Waals surface area contributed by atoms with Crippen molar-refractivity contribution in [3.05, 3.63) is 29.8 Å². The maximum absolute atomic E-state index is 12.0. The number of halogens is 1. The Labute approximate surface area is 116 Å². The molecule has 1 unspecified atom stereocenters. The second-order valence-electron chi connectivity index (χ2n) is 4.78. The average Bonchev–Trinajstić information content (AvgIpc) is 2.75. The molecule has 1 aromatic carbocycles. The zero-order chi connectivity index (χ0) is 14.1. The summed E-state index contributed by atoms with van der Waals surface area (Å²) < 4.78 is 27.4. The number of nitrogens with one attached hydrogen (secondary N) is 1. The minimum absolute atomic E-state index is 0.0267. The molecule has 0 saturated carbocycles. The number of carbonyl (C=O) groups is 1. The van der Waals surface area contributed by atoms with Crippen LogP contribution in [0.5, 0.6) is 0 Å². The van der Waals surface area contributed by atoms with Crippen molar-refractivity contribution < 1.29 is 17.9 Å². The number of carbonyl (C=O) groups excluding carboxylic acids is 1. The highest BCUT2D eigenvalue weighted by Crippen LogP contribution is 2.19. The molecule has 1 atom stereocenters. The molecule has 1 fully saturated rings. The number of benzene rings is 1. The summed E-state index contributed by atoms with van der Waals surface area (Å²) in [5.41, 5.74) is 0.0195. The minimum atomic E-state index is -3.76. The van der Waals surface area contributed by atoms with E-state index in [2.05, 4.69) is 5.32 Å². The molecule has 7 heteroatoms. The first-order chi connectivity index (χ1) is 8.80. The van der Waals surface area contributed by atoms with Crippen molar-refractivity contribution in [3.63, 3.8) is 0 Å². The molecule has 1 N–H and O–H groups in total.